The first-order chi connectivity index (χ1) is 7.79. The molecule has 4 heteroatoms. The number of carbonyl (C=O) groups excluding carboxylic acids is 1. The van der Waals surface area contributed by atoms with Gasteiger partial charge in [-0.25, -0.2) is 4.79 Å². The number of carbonyl (C=O) groups is 1. The molecule has 0 aliphatic rings. The van der Waals surface area contributed by atoms with Gasteiger partial charge in [-0.3, -0.25) is 5.32 Å². The predicted molar refractivity (Wildman–Crippen MR) is 59.4 cm³/mol. The average Bonchev–Trinajstić information content (AvgIpc) is 2.35. The lowest BCUT2D eigenvalue weighted by Gasteiger charge is -2.15. The minimum Gasteiger partial charge on any atom is -0.468 e. The normalized spacial score (nSPS) is 11.5. The SMILES string of the molecule is COC(=O)C(NCCC#N)c1ccccc1. The van der Waals surface area contributed by atoms with Gasteiger partial charge in [-0.05, 0) is 5.56 Å². The van der Waals surface area contributed by atoms with Crippen LogP contribution in [0.25, 0.3) is 0 Å². The third-order valence-corrected chi connectivity index (χ3v) is 2.16. The molecular formula is C12H14N2O2. The summed E-state index contributed by atoms with van der Waals surface area (Å²) >= 11 is 0. The molecule has 0 fully saturated rings. The molecule has 0 spiro atoms. The highest BCUT2D eigenvalue weighted by atomic mass is 16.5. The van der Waals surface area contributed by atoms with Crippen molar-refractivity contribution in [2.45, 2.75) is 12.5 Å². The van der Waals surface area contributed by atoms with E-state index in [1.54, 1.807) is 0 Å². The molecule has 1 N–H and O–H groups in total. The number of methoxy groups -OCH3 is 1. The fraction of sp³-hybridized carbons (Fsp3) is 0.333. The highest BCUT2D eigenvalue weighted by molar-refractivity contribution is 5.77. The summed E-state index contributed by atoms with van der Waals surface area (Å²) < 4.78 is 4.71. The molecule has 0 aliphatic heterocycles. The van der Waals surface area contributed by atoms with E-state index in [9.17, 15) is 4.79 Å². The molecule has 0 aliphatic carbocycles. The van der Waals surface area contributed by atoms with E-state index >= 15 is 0 Å². The third kappa shape index (κ3) is 3.37. The van der Waals surface area contributed by atoms with E-state index in [2.05, 4.69) is 5.32 Å². The second-order valence-corrected chi connectivity index (χ2v) is 3.23. The Balaban J connectivity index is 2.72. The van der Waals surface area contributed by atoms with Crippen molar-refractivity contribution in [1.29, 1.82) is 5.26 Å². The van der Waals surface area contributed by atoms with Gasteiger partial charge < -0.3 is 4.74 Å². The Morgan fingerprint density at radius 2 is 2.19 bits per heavy atom. The number of nitrogens with one attached hydrogen (secondary N) is 1. The van der Waals surface area contributed by atoms with E-state index < -0.39 is 6.04 Å². The van der Waals surface area contributed by atoms with Gasteiger partial charge in [0.2, 0.25) is 0 Å². The summed E-state index contributed by atoms with van der Waals surface area (Å²) in [5.74, 6) is -0.343. The van der Waals surface area contributed by atoms with Gasteiger partial charge in [0.05, 0.1) is 13.2 Å². The van der Waals surface area contributed by atoms with Crippen LogP contribution in [0.4, 0.5) is 0 Å². The lowest BCUT2D eigenvalue weighted by Crippen LogP contribution is -2.30. The number of esters is 1. The van der Waals surface area contributed by atoms with Crippen molar-refractivity contribution in [1.82, 2.24) is 5.32 Å². The number of ether oxygens (including phenoxy) is 1. The molecule has 16 heavy (non-hydrogen) atoms. The zero-order chi connectivity index (χ0) is 11.8. The first-order valence-electron chi connectivity index (χ1n) is 5.02. The van der Waals surface area contributed by atoms with Crippen LogP contribution in [0.15, 0.2) is 30.3 Å². The van der Waals surface area contributed by atoms with E-state index in [1.165, 1.54) is 7.11 Å². The number of benzene rings is 1. The molecule has 1 atom stereocenters. The van der Waals surface area contributed by atoms with Gasteiger partial charge in [0.25, 0.3) is 0 Å². The second kappa shape index (κ2) is 6.59. The zero-order valence-electron chi connectivity index (χ0n) is 9.14. The largest absolute Gasteiger partial charge is 0.468 e. The van der Waals surface area contributed by atoms with E-state index in [-0.39, 0.29) is 5.97 Å². The van der Waals surface area contributed by atoms with Gasteiger partial charge in [0.15, 0.2) is 0 Å². The molecule has 0 saturated heterocycles. The third-order valence-electron chi connectivity index (χ3n) is 2.16. The minimum atomic E-state index is -0.500. The standard InChI is InChI=1S/C12H14N2O2/c1-16-12(15)11(14-9-5-8-13)10-6-3-2-4-7-10/h2-4,6-7,11,14H,5,9H2,1H3. The molecule has 1 aromatic rings. The van der Waals surface area contributed by atoms with Crippen LogP contribution < -0.4 is 5.32 Å². The molecule has 0 amide bonds. The molecule has 0 bridgehead atoms. The summed E-state index contributed by atoms with van der Waals surface area (Å²) in [7, 11) is 1.35. The van der Waals surface area contributed by atoms with Crippen LogP contribution in [-0.4, -0.2) is 19.6 Å². The number of rotatable bonds is 5. The lowest BCUT2D eigenvalue weighted by molar-refractivity contribution is -0.143. The Kier molecular flexibility index (Phi) is 5.03. The monoisotopic (exact) mass is 218 g/mol. The van der Waals surface area contributed by atoms with E-state index in [4.69, 9.17) is 10.00 Å². The van der Waals surface area contributed by atoms with Crippen molar-refractivity contribution in [3.05, 3.63) is 35.9 Å². The van der Waals surface area contributed by atoms with Gasteiger partial charge >= 0.3 is 5.97 Å². The fourth-order valence-electron chi connectivity index (χ4n) is 1.37. The van der Waals surface area contributed by atoms with Crippen molar-refractivity contribution < 1.29 is 9.53 Å². The molecule has 1 unspecified atom stereocenters. The van der Waals surface area contributed by atoms with E-state index in [1.807, 2.05) is 36.4 Å². The first kappa shape index (κ1) is 12.2. The molecular weight excluding hydrogens is 204 g/mol. The summed E-state index contributed by atoms with van der Waals surface area (Å²) in [5, 5.41) is 11.4. The predicted octanol–water partition coefficient (Wildman–Crippen LogP) is 1.40. The van der Waals surface area contributed by atoms with E-state index in [0.29, 0.717) is 13.0 Å². The highest BCUT2D eigenvalue weighted by Gasteiger charge is 2.19. The van der Waals surface area contributed by atoms with E-state index in [0.717, 1.165) is 5.56 Å². The van der Waals surface area contributed by atoms with Gasteiger partial charge in [0.1, 0.15) is 6.04 Å². The maximum Gasteiger partial charge on any atom is 0.327 e. The molecule has 84 valence electrons. The van der Waals surface area contributed by atoms with Crippen molar-refractivity contribution in [2.24, 2.45) is 0 Å². The van der Waals surface area contributed by atoms with Crippen LogP contribution in [0.1, 0.15) is 18.0 Å². The molecule has 1 rings (SSSR count). The Labute approximate surface area is 94.8 Å². The maximum atomic E-state index is 11.5. The van der Waals surface area contributed by atoms with Crippen LogP contribution in [-0.2, 0) is 9.53 Å². The number of nitriles is 1. The summed E-state index contributed by atoms with van der Waals surface area (Å²) in [5.41, 5.74) is 0.840. The van der Waals surface area contributed by atoms with Crippen LogP contribution >= 0.6 is 0 Å². The number of hydrogen-bond donors (Lipinski definition) is 1. The molecule has 0 saturated carbocycles. The maximum absolute atomic E-state index is 11.5. The van der Waals surface area contributed by atoms with Crippen molar-refractivity contribution in [2.75, 3.05) is 13.7 Å². The minimum absolute atomic E-state index is 0.343. The summed E-state index contributed by atoms with van der Waals surface area (Å²) in [6, 6.07) is 10.8. The Bertz CT molecular complexity index is 370. The van der Waals surface area contributed by atoms with Gasteiger partial charge in [-0.15, -0.1) is 0 Å². The molecule has 0 radical (unpaired) electrons. The number of hydrogen-bond acceptors (Lipinski definition) is 4. The van der Waals surface area contributed by atoms with Crippen molar-refractivity contribution in [3.8, 4) is 6.07 Å². The van der Waals surface area contributed by atoms with Crippen LogP contribution in [0.3, 0.4) is 0 Å². The smallest absolute Gasteiger partial charge is 0.327 e. The van der Waals surface area contributed by atoms with Crippen LogP contribution in [0.2, 0.25) is 0 Å². The highest BCUT2D eigenvalue weighted by Crippen LogP contribution is 2.13. The first-order valence-corrected chi connectivity index (χ1v) is 5.02. The van der Waals surface area contributed by atoms with Gasteiger partial charge in [-0.2, -0.15) is 5.26 Å². The summed E-state index contributed by atoms with van der Waals surface area (Å²) in [4.78, 5) is 11.5. The van der Waals surface area contributed by atoms with Crippen LogP contribution in [0, 0.1) is 11.3 Å². The quantitative estimate of drug-likeness (QED) is 0.599. The Morgan fingerprint density at radius 3 is 2.75 bits per heavy atom. The Morgan fingerprint density at radius 1 is 1.50 bits per heavy atom. The molecule has 0 aromatic heterocycles. The molecule has 4 nitrogen and oxygen atoms in total. The van der Waals surface area contributed by atoms with Crippen molar-refractivity contribution >= 4 is 5.97 Å². The Hall–Kier alpha value is -1.86. The van der Waals surface area contributed by atoms with Gasteiger partial charge in [0, 0.05) is 13.0 Å². The second-order valence-electron chi connectivity index (χ2n) is 3.23. The summed E-state index contributed by atoms with van der Waals surface area (Å²) in [6.07, 6.45) is 0.361. The lowest BCUT2D eigenvalue weighted by atomic mass is 10.1. The molecule has 1 aromatic carbocycles. The van der Waals surface area contributed by atoms with Crippen molar-refractivity contribution in [3.63, 3.8) is 0 Å². The zero-order valence-corrected chi connectivity index (χ0v) is 9.14. The average molecular weight is 218 g/mol. The molecule has 0 heterocycles. The van der Waals surface area contributed by atoms with Crippen LogP contribution in [0.5, 0.6) is 0 Å². The number of nitrogens with zero attached hydrogens (tertiary/aromatic N) is 1. The van der Waals surface area contributed by atoms with Gasteiger partial charge in [-0.1, -0.05) is 30.3 Å². The fourth-order valence-corrected chi connectivity index (χ4v) is 1.37. The summed E-state index contributed by atoms with van der Waals surface area (Å²) in [6.45, 7) is 0.463. The topological polar surface area (TPSA) is 62.1 Å².